The third-order valence-electron chi connectivity index (χ3n) is 6.42. The van der Waals surface area contributed by atoms with Gasteiger partial charge in [0, 0.05) is 27.4 Å². The average Bonchev–Trinajstić information content (AvgIpc) is 3.34. The molecule has 1 aliphatic carbocycles. The molecule has 2 aromatic carbocycles. The van der Waals surface area contributed by atoms with E-state index in [1.807, 2.05) is 60.9 Å². The maximum Gasteiger partial charge on any atom is 0.339 e. The van der Waals surface area contributed by atoms with Crippen LogP contribution in [0.3, 0.4) is 0 Å². The first-order chi connectivity index (χ1) is 16.4. The summed E-state index contributed by atoms with van der Waals surface area (Å²) in [6, 6.07) is 15.4. The molecule has 4 aromatic rings. The number of hydrogen-bond donors (Lipinski definition) is 2. The second kappa shape index (κ2) is 8.91. The Morgan fingerprint density at radius 2 is 1.82 bits per heavy atom. The number of carboxylic acids is 1. The van der Waals surface area contributed by atoms with Crippen molar-refractivity contribution >= 4 is 40.2 Å². The van der Waals surface area contributed by atoms with E-state index >= 15 is 0 Å². The predicted molar refractivity (Wildman–Crippen MR) is 136 cm³/mol. The molecule has 0 saturated carbocycles. The number of benzene rings is 2. The highest BCUT2D eigenvalue weighted by Gasteiger charge is 2.27. The molecule has 6 nitrogen and oxygen atoms in total. The quantitative estimate of drug-likeness (QED) is 0.291. The lowest BCUT2D eigenvalue weighted by molar-refractivity contribution is 0.0695. The maximum atomic E-state index is 12.6. The second-order valence-corrected chi connectivity index (χ2v) is 9.70. The molecular weight excluding hydrogens is 446 g/mol. The second-order valence-electron chi connectivity index (χ2n) is 8.62. The molecule has 5 rings (SSSR count). The van der Waals surface area contributed by atoms with Crippen LogP contribution in [0.5, 0.6) is 0 Å². The zero-order valence-corrected chi connectivity index (χ0v) is 19.9. The summed E-state index contributed by atoms with van der Waals surface area (Å²) in [6.07, 6.45) is 5.51. The van der Waals surface area contributed by atoms with Crippen LogP contribution < -0.4 is 5.43 Å². The van der Waals surface area contributed by atoms with Crippen molar-refractivity contribution in [3.8, 4) is 5.00 Å². The summed E-state index contributed by atoms with van der Waals surface area (Å²) in [5, 5.41) is 17.0. The lowest BCUT2D eigenvalue weighted by Crippen LogP contribution is -2.17. The minimum Gasteiger partial charge on any atom is -0.478 e. The van der Waals surface area contributed by atoms with Gasteiger partial charge in [-0.15, -0.1) is 11.3 Å². The number of carbonyl (C=O) groups is 2. The molecule has 0 saturated heterocycles. The van der Waals surface area contributed by atoms with Crippen LogP contribution in [0.1, 0.15) is 60.9 Å². The van der Waals surface area contributed by atoms with Crippen LogP contribution in [0.2, 0.25) is 0 Å². The predicted octanol–water partition coefficient (Wildman–Crippen LogP) is 5.65. The summed E-state index contributed by atoms with van der Waals surface area (Å²) < 4.78 is 2.00. The van der Waals surface area contributed by atoms with Gasteiger partial charge in [-0.25, -0.2) is 10.2 Å². The molecule has 2 aromatic heterocycles. The Bertz CT molecular complexity index is 1460. The Morgan fingerprint density at radius 1 is 1.06 bits per heavy atom. The van der Waals surface area contributed by atoms with E-state index in [2.05, 4.69) is 10.5 Å². The van der Waals surface area contributed by atoms with Gasteiger partial charge in [-0.1, -0.05) is 30.3 Å². The van der Waals surface area contributed by atoms with Gasteiger partial charge >= 0.3 is 5.97 Å². The molecule has 0 aliphatic heterocycles. The Hall–Kier alpha value is -3.71. The van der Waals surface area contributed by atoms with Crippen LogP contribution in [0, 0.1) is 13.8 Å². The molecule has 7 heteroatoms. The van der Waals surface area contributed by atoms with E-state index in [1.54, 1.807) is 23.6 Å². The van der Waals surface area contributed by atoms with Crippen LogP contribution in [0.15, 0.2) is 53.6 Å². The van der Waals surface area contributed by atoms with E-state index in [-0.39, 0.29) is 5.91 Å². The highest BCUT2D eigenvalue weighted by Crippen LogP contribution is 2.38. The highest BCUT2D eigenvalue weighted by molar-refractivity contribution is 7.15. The molecule has 0 atom stereocenters. The van der Waals surface area contributed by atoms with Gasteiger partial charge in [-0.3, -0.25) is 4.79 Å². The summed E-state index contributed by atoms with van der Waals surface area (Å²) in [5.41, 5.74) is 7.22. The minimum atomic E-state index is -0.875. The van der Waals surface area contributed by atoms with Crippen LogP contribution in [-0.2, 0) is 12.8 Å². The fourth-order valence-corrected chi connectivity index (χ4v) is 6.21. The lowest BCUT2D eigenvalue weighted by atomic mass is 9.95. The van der Waals surface area contributed by atoms with Crippen molar-refractivity contribution in [3.05, 3.63) is 87.0 Å². The third kappa shape index (κ3) is 3.92. The molecule has 0 unspecified atom stereocenters. The summed E-state index contributed by atoms with van der Waals surface area (Å²) in [6.45, 7) is 3.91. The van der Waals surface area contributed by atoms with E-state index in [0.29, 0.717) is 11.1 Å². The molecule has 2 N–H and O–H groups in total. The van der Waals surface area contributed by atoms with Gasteiger partial charge in [0.25, 0.3) is 5.91 Å². The number of nitrogens with one attached hydrogen (secondary N) is 1. The molecule has 2 heterocycles. The number of thiophene rings is 1. The van der Waals surface area contributed by atoms with Crippen molar-refractivity contribution in [2.24, 2.45) is 5.10 Å². The van der Waals surface area contributed by atoms with Crippen LogP contribution in [0.25, 0.3) is 15.8 Å². The Morgan fingerprint density at radius 3 is 2.62 bits per heavy atom. The van der Waals surface area contributed by atoms with Gasteiger partial charge in [-0.2, -0.15) is 5.10 Å². The first kappa shape index (κ1) is 22.1. The molecule has 34 heavy (non-hydrogen) atoms. The molecule has 1 aliphatic rings. The summed E-state index contributed by atoms with van der Waals surface area (Å²) >= 11 is 1.58. The van der Waals surface area contributed by atoms with Crippen LogP contribution >= 0.6 is 11.3 Å². The van der Waals surface area contributed by atoms with E-state index < -0.39 is 5.97 Å². The largest absolute Gasteiger partial charge is 0.478 e. The Kier molecular flexibility index (Phi) is 5.79. The number of carboxylic acid groups (broad SMARTS) is 1. The summed E-state index contributed by atoms with van der Waals surface area (Å²) in [7, 11) is 0. The monoisotopic (exact) mass is 471 g/mol. The smallest absolute Gasteiger partial charge is 0.339 e. The molecular formula is C27H25N3O3S. The van der Waals surface area contributed by atoms with E-state index in [1.165, 1.54) is 4.88 Å². The van der Waals surface area contributed by atoms with Crippen LogP contribution in [-0.4, -0.2) is 27.8 Å². The minimum absolute atomic E-state index is 0.282. The zero-order valence-electron chi connectivity index (χ0n) is 19.1. The molecule has 0 spiro atoms. The maximum absolute atomic E-state index is 12.6. The molecule has 0 fully saturated rings. The number of aryl methyl sites for hydroxylation is 2. The number of hydrogen-bond acceptors (Lipinski definition) is 4. The fraction of sp³-hybridized carbons (Fsp3) is 0.222. The van der Waals surface area contributed by atoms with Gasteiger partial charge in [0.05, 0.1) is 11.8 Å². The van der Waals surface area contributed by atoms with Crippen molar-refractivity contribution in [3.63, 3.8) is 0 Å². The number of hydrazone groups is 1. The number of fused-ring (bicyclic) bond motifs is 2. The highest BCUT2D eigenvalue weighted by atomic mass is 32.1. The van der Waals surface area contributed by atoms with E-state index in [9.17, 15) is 14.7 Å². The standard InChI is InChI=1S/C27H25N3O3S/c1-16-13-21(15-28-29-25(31)20-12-11-18-7-3-4-8-19(18)14-20)17(2)30(16)26-24(27(32)33)22-9-5-6-10-23(22)34-26/h3-4,7-8,11-15H,5-6,9-10H2,1-2H3,(H,29,31)(H,32,33)/b28-15-. The Labute approximate surface area is 201 Å². The van der Waals surface area contributed by atoms with Gasteiger partial charge < -0.3 is 9.67 Å². The number of amides is 1. The van der Waals surface area contributed by atoms with Crippen LogP contribution in [0.4, 0.5) is 0 Å². The van der Waals surface area contributed by atoms with Crippen molar-refractivity contribution in [1.29, 1.82) is 0 Å². The molecule has 172 valence electrons. The van der Waals surface area contributed by atoms with Crippen molar-refractivity contribution < 1.29 is 14.7 Å². The topological polar surface area (TPSA) is 83.7 Å². The summed E-state index contributed by atoms with van der Waals surface area (Å²) in [4.78, 5) is 25.9. The first-order valence-electron chi connectivity index (χ1n) is 11.3. The van der Waals surface area contributed by atoms with Crippen molar-refractivity contribution in [2.75, 3.05) is 0 Å². The number of rotatable bonds is 5. The lowest BCUT2D eigenvalue weighted by Gasteiger charge is -2.11. The molecule has 0 radical (unpaired) electrons. The number of aromatic nitrogens is 1. The van der Waals surface area contributed by atoms with Crippen molar-refractivity contribution in [2.45, 2.75) is 39.5 Å². The Balaban J connectivity index is 1.41. The SMILES string of the molecule is Cc1cc(/C=N\NC(=O)c2ccc3ccccc3c2)c(C)n1-c1sc2c(c1C(=O)O)CCCC2. The molecule has 1 amide bonds. The van der Waals surface area contributed by atoms with Gasteiger partial charge in [-0.05, 0) is 74.1 Å². The normalized spacial score (nSPS) is 13.4. The number of nitrogens with zero attached hydrogens (tertiary/aromatic N) is 2. The molecule has 0 bridgehead atoms. The zero-order chi connectivity index (χ0) is 23.8. The number of aromatic carboxylic acids is 1. The van der Waals surface area contributed by atoms with Crippen molar-refractivity contribution in [1.82, 2.24) is 9.99 Å². The average molecular weight is 472 g/mol. The number of carbonyl (C=O) groups excluding carboxylic acids is 1. The van der Waals surface area contributed by atoms with E-state index in [0.717, 1.165) is 64.0 Å². The first-order valence-corrected chi connectivity index (χ1v) is 12.1. The summed E-state index contributed by atoms with van der Waals surface area (Å²) in [5.74, 6) is -1.16. The van der Waals surface area contributed by atoms with E-state index in [4.69, 9.17) is 0 Å². The fourth-order valence-electron chi connectivity index (χ4n) is 4.72. The van der Waals surface area contributed by atoms with Gasteiger partial charge in [0.2, 0.25) is 0 Å². The van der Waals surface area contributed by atoms with Gasteiger partial charge in [0.15, 0.2) is 0 Å². The third-order valence-corrected chi connectivity index (χ3v) is 7.70. The van der Waals surface area contributed by atoms with Gasteiger partial charge in [0.1, 0.15) is 5.00 Å².